The van der Waals surface area contributed by atoms with Gasteiger partial charge in [0.05, 0.1) is 33.0 Å². The quantitative estimate of drug-likeness (QED) is 0.235. The fraction of sp³-hybridized carbons (Fsp3) is 1.00. The van der Waals surface area contributed by atoms with Gasteiger partial charge in [-0.2, -0.15) is 0 Å². The molecule has 1 rings (SSSR count). The molecular formula is C15H31NO8. The third kappa shape index (κ3) is 7.68. The molecule has 1 heterocycles. The van der Waals surface area contributed by atoms with E-state index in [4.69, 9.17) is 24.1 Å². The fourth-order valence-corrected chi connectivity index (χ4v) is 2.19. The summed E-state index contributed by atoms with van der Waals surface area (Å²) in [4.78, 5) is 0. The summed E-state index contributed by atoms with van der Waals surface area (Å²) in [5.74, 6) is 0. The summed E-state index contributed by atoms with van der Waals surface area (Å²) in [6.45, 7) is 5.42. The molecule has 5 atom stereocenters. The number of hydrogen-bond acceptors (Lipinski definition) is 9. The van der Waals surface area contributed by atoms with Crippen molar-refractivity contribution in [3.63, 3.8) is 0 Å². The normalized spacial score (nSPS) is 30.6. The molecule has 9 nitrogen and oxygen atoms in total. The van der Waals surface area contributed by atoms with Crippen molar-refractivity contribution in [2.24, 2.45) is 0 Å². The van der Waals surface area contributed by atoms with Gasteiger partial charge in [-0.25, -0.2) is 0 Å². The van der Waals surface area contributed by atoms with Crippen LogP contribution in [0.2, 0.25) is 0 Å². The predicted molar refractivity (Wildman–Crippen MR) is 84.5 cm³/mol. The molecule has 0 saturated carbocycles. The summed E-state index contributed by atoms with van der Waals surface area (Å²) in [7, 11) is 0. The van der Waals surface area contributed by atoms with Crippen LogP contribution in [-0.4, -0.2) is 104 Å². The molecule has 0 spiro atoms. The zero-order valence-corrected chi connectivity index (χ0v) is 14.2. The van der Waals surface area contributed by atoms with E-state index in [0.29, 0.717) is 32.9 Å². The van der Waals surface area contributed by atoms with E-state index in [0.717, 1.165) is 13.0 Å². The lowest BCUT2D eigenvalue weighted by atomic mass is 9.99. The van der Waals surface area contributed by atoms with E-state index in [-0.39, 0.29) is 6.61 Å². The van der Waals surface area contributed by atoms with Gasteiger partial charge in [-0.3, -0.25) is 0 Å². The molecule has 0 aromatic heterocycles. The van der Waals surface area contributed by atoms with Crippen LogP contribution in [0.1, 0.15) is 13.3 Å². The van der Waals surface area contributed by atoms with Crippen LogP contribution in [0.25, 0.3) is 0 Å². The Labute approximate surface area is 142 Å². The van der Waals surface area contributed by atoms with Crippen molar-refractivity contribution in [1.29, 1.82) is 0 Å². The second kappa shape index (κ2) is 12.9. The number of aliphatic hydroxyl groups excluding tert-OH is 4. The second-order valence-electron chi connectivity index (χ2n) is 5.54. The molecule has 0 aliphatic carbocycles. The van der Waals surface area contributed by atoms with Crippen LogP contribution in [0, 0.1) is 0 Å². The van der Waals surface area contributed by atoms with Crippen molar-refractivity contribution >= 4 is 0 Å². The lowest BCUT2D eigenvalue weighted by Gasteiger charge is -2.39. The molecule has 1 saturated heterocycles. The molecule has 0 amide bonds. The maximum atomic E-state index is 9.79. The SMILES string of the molecule is CCCOCCOCCNCCOC1OC(CO)C(O)C(O)C1O. The Balaban J connectivity index is 2.02. The molecule has 0 aromatic rings. The van der Waals surface area contributed by atoms with Crippen molar-refractivity contribution in [2.45, 2.75) is 44.1 Å². The largest absolute Gasteiger partial charge is 0.394 e. The molecule has 1 aliphatic rings. The van der Waals surface area contributed by atoms with Gasteiger partial charge in [-0.1, -0.05) is 6.92 Å². The molecule has 1 aliphatic heterocycles. The van der Waals surface area contributed by atoms with Crippen LogP contribution in [0.3, 0.4) is 0 Å². The van der Waals surface area contributed by atoms with E-state index in [1.54, 1.807) is 0 Å². The van der Waals surface area contributed by atoms with Gasteiger partial charge >= 0.3 is 0 Å². The molecule has 0 radical (unpaired) electrons. The highest BCUT2D eigenvalue weighted by Crippen LogP contribution is 2.21. The third-order valence-electron chi connectivity index (χ3n) is 3.55. The predicted octanol–water partition coefficient (Wildman–Crippen LogP) is -2.16. The average Bonchev–Trinajstić information content (AvgIpc) is 2.59. The molecular weight excluding hydrogens is 322 g/mol. The van der Waals surface area contributed by atoms with Crippen molar-refractivity contribution in [2.75, 3.05) is 52.7 Å². The summed E-state index contributed by atoms with van der Waals surface area (Å²) < 4.78 is 21.2. The van der Waals surface area contributed by atoms with E-state index in [2.05, 4.69) is 12.2 Å². The van der Waals surface area contributed by atoms with Crippen molar-refractivity contribution < 1.29 is 39.4 Å². The van der Waals surface area contributed by atoms with Crippen molar-refractivity contribution in [3.8, 4) is 0 Å². The van der Waals surface area contributed by atoms with Gasteiger partial charge < -0.3 is 44.7 Å². The van der Waals surface area contributed by atoms with Gasteiger partial charge in [0.15, 0.2) is 6.29 Å². The zero-order chi connectivity index (χ0) is 17.8. The number of rotatable bonds is 13. The molecule has 24 heavy (non-hydrogen) atoms. The third-order valence-corrected chi connectivity index (χ3v) is 3.55. The average molecular weight is 353 g/mol. The van der Waals surface area contributed by atoms with Gasteiger partial charge in [0.1, 0.15) is 24.4 Å². The highest BCUT2D eigenvalue weighted by atomic mass is 16.7. The Morgan fingerprint density at radius 3 is 2.21 bits per heavy atom. The minimum absolute atomic E-state index is 0.238. The summed E-state index contributed by atoms with van der Waals surface area (Å²) in [5, 5.41) is 41.2. The maximum absolute atomic E-state index is 9.79. The first-order chi connectivity index (χ1) is 11.6. The Kier molecular flexibility index (Phi) is 11.7. The maximum Gasteiger partial charge on any atom is 0.186 e. The molecule has 0 aromatic carbocycles. The number of ether oxygens (including phenoxy) is 4. The van der Waals surface area contributed by atoms with Crippen molar-refractivity contribution in [3.05, 3.63) is 0 Å². The number of aliphatic hydroxyl groups is 4. The Bertz CT molecular complexity index is 307. The summed E-state index contributed by atoms with van der Waals surface area (Å²) in [5.41, 5.74) is 0. The first kappa shape index (κ1) is 21.7. The summed E-state index contributed by atoms with van der Waals surface area (Å²) in [6.07, 6.45) is -5.21. The highest BCUT2D eigenvalue weighted by molar-refractivity contribution is 4.88. The van der Waals surface area contributed by atoms with Gasteiger partial charge in [-0.05, 0) is 6.42 Å². The fourth-order valence-electron chi connectivity index (χ4n) is 2.19. The van der Waals surface area contributed by atoms with Crippen LogP contribution < -0.4 is 5.32 Å². The van der Waals surface area contributed by atoms with E-state index in [1.165, 1.54) is 0 Å². The van der Waals surface area contributed by atoms with E-state index in [9.17, 15) is 15.3 Å². The van der Waals surface area contributed by atoms with Crippen LogP contribution in [0.15, 0.2) is 0 Å². The minimum atomic E-state index is -1.42. The Hall–Kier alpha value is -0.360. The first-order valence-corrected chi connectivity index (χ1v) is 8.40. The van der Waals surface area contributed by atoms with Gasteiger partial charge in [0.25, 0.3) is 0 Å². The van der Waals surface area contributed by atoms with Gasteiger partial charge in [-0.15, -0.1) is 0 Å². The van der Waals surface area contributed by atoms with Crippen molar-refractivity contribution in [1.82, 2.24) is 5.32 Å². The Morgan fingerprint density at radius 2 is 1.54 bits per heavy atom. The smallest absolute Gasteiger partial charge is 0.186 e. The van der Waals surface area contributed by atoms with E-state index in [1.807, 2.05) is 0 Å². The Morgan fingerprint density at radius 1 is 0.875 bits per heavy atom. The summed E-state index contributed by atoms with van der Waals surface area (Å²) >= 11 is 0. The summed E-state index contributed by atoms with van der Waals surface area (Å²) in [6, 6.07) is 0. The number of nitrogens with one attached hydrogen (secondary N) is 1. The van der Waals surface area contributed by atoms with E-state index < -0.39 is 37.3 Å². The van der Waals surface area contributed by atoms with Crippen LogP contribution in [0.5, 0.6) is 0 Å². The van der Waals surface area contributed by atoms with E-state index >= 15 is 0 Å². The molecule has 9 heteroatoms. The lowest BCUT2D eigenvalue weighted by Crippen LogP contribution is -2.59. The molecule has 0 bridgehead atoms. The van der Waals surface area contributed by atoms with Gasteiger partial charge in [0, 0.05) is 19.7 Å². The minimum Gasteiger partial charge on any atom is -0.394 e. The van der Waals surface area contributed by atoms with Gasteiger partial charge in [0.2, 0.25) is 0 Å². The van der Waals surface area contributed by atoms with Crippen LogP contribution in [0.4, 0.5) is 0 Å². The zero-order valence-electron chi connectivity index (χ0n) is 14.2. The highest BCUT2D eigenvalue weighted by Gasteiger charge is 2.43. The van der Waals surface area contributed by atoms with Crippen LogP contribution >= 0.6 is 0 Å². The number of hydrogen-bond donors (Lipinski definition) is 5. The standard InChI is InChI=1S/C15H31NO8/c1-2-5-21-8-9-22-6-3-16-4-7-23-15-14(20)13(19)12(18)11(10-17)24-15/h11-20H,2-10H2,1H3. The molecule has 1 fully saturated rings. The monoisotopic (exact) mass is 353 g/mol. The molecule has 5 N–H and O–H groups in total. The topological polar surface area (TPSA) is 130 Å². The first-order valence-electron chi connectivity index (χ1n) is 8.40. The van der Waals surface area contributed by atoms with Crippen LogP contribution in [-0.2, 0) is 18.9 Å². The molecule has 144 valence electrons. The lowest BCUT2D eigenvalue weighted by molar-refractivity contribution is -0.300. The molecule has 5 unspecified atom stereocenters. The second-order valence-corrected chi connectivity index (χ2v) is 5.54.